The molecule has 0 saturated carbocycles. The minimum Gasteiger partial charge on any atom is -0.478 e. The summed E-state index contributed by atoms with van der Waals surface area (Å²) in [5, 5.41) is 14.3. The number of hydrogen-bond donors (Lipinski definition) is 0. The van der Waals surface area contributed by atoms with Crippen molar-refractivity contribution in [1.29, 1.82) is 0 Å². The van der Waals surface area contributed by atoms with Crippen molar-refractivity contribution in [3.05, 3.63) is 46.1 Å². The second-order valence-corrected chi connectivity index (χ2v) is 3.24. The molecule has 0 N–H and O–H groups in total. The average molecular weight is 249 g/mol. The summed E-state index contributed by atoms with van der Waals surface area (Å²) in [6.45, 7) is -0.0578. The first-order chi connectivity index (χ1) is 8.70. The predicted molar refractivity (Wildman–Crippen MR) is 57.1 cm³/mol. The van der Waals surface area contributed by atoms with E-state index >= 15 is 0 Å². The number of aromatic nitrogens is 2. The van der Waals surface area contributed by atoms with Gasteiger partial charge in [0.25, 0.3) is 0 Å². The summed E-state index contributed by atoms with van der Waals surface area (Å²) in [6.07, 6.45) is 1.65. The van der Waals surface area contributed by atoms with Crippen LogP contribution in [-0.4, -0.2) is 21.4 Å². The van der Waals surface area contributed by atoms with Crippen LogP contribution in [0.1, 0.15) is 16.2 Å². The Hall–Kier alpha value is -2.77. The highest BCUT2D eigenvalue weighted by molar-refractivity contribution is 5.77. The van der Waals surface area contributed by atoms with E-state index in [2.05, 4.69) is 14.7 Å². The number of ether oxygens (including phenoxy) is 1. The number of aldehydes is 1. The molecule has 0 saturated heterocycles. The quantitative estimate of drug-likeness (QED) is 0.447. The molecule has 0 fully saturated rings. The number of benzene rings is 1. The van der Waals surface area contributed by atoms with E-state index in [0.29, 0.717) is 6.29 Å². The Morgan fingerprint density at radius 3 is 2.94 bits per heavy atom. The SMILES string of the molecule is O=Cc1ccc(OCc2ncon2)c([N+](=O)[O-])c1. The fourth-order valence-electron chi connectivity index (χ4n) is 1.27. The highest BCUT2D eigenvalue weighted by Gasteiger charge is 2.16. The molecule has 1 heterocycles. The molecule has 18 heavy (non-hydrogen) atoms. The van der Waals surface area contributed by atoms with Crippen LogP contribution >= 0.6 is 0 Å². The van der Waals surface area contributed by atoms with E-state index in [9.17, 15) is 14.9 Å². The van der Waals surface area contributed by atoms with Gasteiger partial charge in [0.1, 0.15) is 6.29 Å². The lowest BCUT2D eigenvalue weighted by atomic mass is 10.2. The third-order valence-corrected chi connectivity index (χ3v) is 2.08. The molecule has 0 unspecified atom stereocenters. The predicted octanol–water partition coefficient (Wildman–Crippen LogP) is 1.37. The molecular weight excluding hydrogens is 242 g/mol. The van der Waals surface area contributed by atoms with E-state index in [1.165, 1.54) is 12.1 Å². The van der Waals surface area contributed by atoms with E-state index < -0.39 is 4.92 Å². The van der Waals surface area contributed by atoms with Crippen molar-refractivity contribution in [2.75, 3.05) is 0 Å². The van der Waals surface area contributed by atoms with Gasteiger partial charge in [0, 0.05) is 11.6 Å². The van der Waals surface area contributed by atoms with Crippen molar-refractivity contribution in [2.24, 2.45) is 0 Å². The van der Waals surface area contributed by atoms with E-state index in [0.717, 1.165) is 12.5 Å². The first kappa shape index (κ1) is 11.7. The molecule has 0 aliphatic carbocycles. The molecule has 8 nitrogen and oxygen atoms in total. The molecule has 0 aliphatic rings. The number of rotatable bonds is 5. The molecule has 1 aromatic heterocycles. The lowest BCUT2D eigenvalue weighted by Gasteiger charge is -2.04. The smallest absolute Gasteiger partial charge is 0.311 e. The molecule has 92 valence electrons. The van der Waals surface area contributed by atoms with E-state index in [1.54, 1.807) is 0 Å². The summed E-state index contributed by atoms with van der Waals surface area (Å²) in [7, 11) is 0. The van der Waals surface area contributed by atoms with Crippen molar-refractivity contribution in [3.8, 4) is 5.75 Å². The fourth-order valence-corrected chi connectivity index (χ4v) is 1.27. The largest absolute Gasteiger partial charge is 0.478 e. The molecule has 2 rings (SSSR count). The van der Waals surface area contributed by atoms with Gasteiger partial charge in [0.2, 0.25) is 12.2 Å². The van der Waals surface area contributed by atoms with Crippen molar-refractivity contribution in [2.45, 2.75) is 6.61 Å². The van der Waals surface area contributed by atoms with Crippen LogP contribution in [0.15, 0.2) is 29.1 Å². The van der Waals surface area contributed by atoms with Crippen LogP contribution in [0.4, 0.5) is 5.69 Å². The Morgan fingerprint density at radius 2 is 2.33 bits per heavy atom. The maximum absolute atomic E-state index is 10.8. The standard InChI is InChI=1S/C10H7N3O5/c14-4-7-1-2-9(8(3-7)13(15)16)17-5-10-11-6-18-12-10/h1-4,6H,5H2. The van der Waals surface area contributed by atoms with Gasteiger partial charge in [0.05, 0.1) is 4.92 Å². The monoisotopic (exact) mass is 249 g/mol. The molecule has 0 bridgehead atoms. The number of carbonyl (C=O) groups excluding carboxylic acids is 1. The van der Waals surface area contributed by atoms with Gasteiger partial charge in [0.15, 0.2) is 12.4 Å². The number of hydrogen-bond acceptors (Lipinski definition) is 7. The van der Waals surface area contributed by atoms with Crippen molar-refractivity contribution in [1.82, 2.24) is 10.1 Å². The van der Waals surface area contributed by atoms with Gasteiger partial charge in [-0.2, -0.15) is 4.98 Å². The molecule has 0 amide bonds. The normalized spacial score (nSPS) is 10.0. The molecule has 0 radical (unpaired) electrons. The Bertz CT molecular complexity index is 567. The van der Waals surface area contributed by atoms with Crippen molar-refractivity contribution < 1.29 is 19.0 Å². The zero-order chi connectivity index (χ0) is 13.0. The molecule has 0 spiro atoms. The minimum absolute atomic E-state index is 0.0374. The van der Waals surface area contributed by atoms with Crippen molar-refractivity contribution >= 4 is 12.0 Å². The zero-order valence-corrected chi connectivity index (χ0v) is 8.98. The van der Waals surface area contributed by atoms with Crippen LogP contribution < -0.4 is 4.74 Å². The van der Waals surface area contributed by atoms with Gasteiger partial charge in [-0.05, 0) is 12.1 Å². The average Bonchev–Trinajstić information content (AvgIpc) is 2.89. The highest BCUT2D eigenvalue weighted by Crippen LogP contribution is 2.27. The van der Waals surface area contributed by atoms with Crippen molar-refractivity contribution in [3.63, 3.8) is 0 Å². The Labute approximate surface area is 100 Å². The zero-order valence-electron chi connectivity index (χ0n) is 8.98. The molecular formula is C10H7N3O5. The lowest BCUT2D eigenvalue weighted by molar-refractivity contribution is -0.386. The van der Waals surface area contributed by atoms with Gasteiger partial charge in [-0.25, -0.2) is 0 Å². The number of nitrogens with zero attached hydrogens (tertiary/aromatic N) is 3. The van der Waals surface area contributed by atoms with E-state index in [1.807, 2.05) is 0 Å². The third kappa shape index (κ3) is 2.48. The summed E-state index contributed by atoms with van der Waals surface area (Å²) in [6, 6.07) is 3.91. The maximum Gasteiger partial charge on any atom is 0.311 e. The Morgan fingerprint density at radius 1 is 1.50 bits per heavy atom. The summed E-state index contributed by atoms with van der Waals surface area (Å²) in [5.41, 5.74) is -0.0864. The topological polar surface area (TPSA) is 108 Å². The van der Waals surface area contributed by atoms with E-state index in [-0.39, 0.29) is 29.4 Å². The number of carbonyl (C=O) groups is 1. The van der Waals surface area contributed by atoms with Crippen LogP contribution in [0.25, 0.3) is 0 Å². The minimum atomic E-state index is -0.626. The van der Waals surface area contributed by atoms with Crippen LogP contribution in [0.3, 0.4) is 0 Å². The Balaban J connectivity index is 2.21. The van der Waals surface area contributed by atoms with Gasteiger partial charge in [-0.15, -0.1) is 0 Å². The second-order valence-electron chi connectivity index (χ2n) is 3.24. The highest BCUT2D eigenvalue weighted by atomic mass is 16.6. The molecule has 2 aromatic rings. The summed E-state index contributed by atoms with van der Waals surface area (Å²) < 4.78 is 9.70. The van der Waals surface area contributed by atoms with Crippen LogP contribution in [-0.2, 0) is 6.61 Å². The van der Waals surface area contributed by atoms with Crippen LogP contribution in [0.5, 0.6) is 5.75 Å². The first-order valence-corrected chi connectivity index (χ1v) is 4.82. The number of nitro benzene ring substituents is 1. The maximum atomic E-state index is 10.8. The first-order valence-electron chi connectivity index (χ1n) is 4.82. The second kappa shape index (κ2) is 5.04. The molecule has 0 atom stereocenters. The molecule has 8 heteroatoms. The summed E-state index contributed by atoms with van der Waals surface area (Å²) >= 11 is 0. The van der Waals surface area contributed by atoms with Gasteiger partial charge < -0.3 is 9.26 Å². The van der Waals surface area contributed by atoms with Gasteiger partial charge in [-0.3, -0.25) is 14.9 Å². The van der Waals surface area contributed by atoms with Crippen LogP contribution in [0.2, 0.25) is 0 Å². The van der Waals surface area contributed by atoms with E-state index in [4.69, 9.17) is 4.74 Å². The summed E-state index contributed by atoms with van der Waals surface area (Å²) in [5.74, 6) is 0.305. The summed E-state index contributed by atoms with van der Waals surface area (Å²) in [4.78, 5) is 24.4. The number of nitro groups is 1. The lowest BCUT2D eigenvalue weighted by Crippen LogP contribution is -2.01. The molecule has 1 aromatic carbocycles. The third-order valence-electron chi connectivity index (χ3n) is 2.08. The molecule has 0 aliphatic heterocycles. The Kier molecular flexibility index (Phi) is 3.28. The van der Waals surface area contributed by atoms with Gasteiger partial charge in [-0.1, -0.05) is 5.16 Å². The van der Waals surface area contributed by atoms with Crippen LogP contribution in [0, 0.1) is 10.1 Å². The fraction of sp³-hybridized carbons (Fsp3) is 0.100. The van der Waals surface area contributed by atoms with Gasteiger partial charge >= 0.3 is 5.69 Å².